The van der Waals surface area contributed by atoms with Crippen molar-refractivity contribution < 1.29 is 0 Å². The van der Waals surface area contributed by atoms with Crippen molar-refractivity contribution in [3.63, 3.8) is 0 Å². The van der Waals surface area contributed by atoms with Crippen molar-refractivity contribution in [3.05, 3.63) is 28.6 Å². The van der Waals surface area contributed by atoms with Gasteiger partial charge in [-0.1, -0.05) is 0 Å². The van der Waals surface area contributed by atoms with Gasteiger partial charge < -0.3 is 0 Å². The molecule has 0 unspecified atom stereocenters. The summed E-state index contributed by atoms with van der Waals surface area (Å²) < 4.78 is 1.21. The summed E-state index contributed by atoms with van der Waals surface area (Å²) in [7, 11) is 0. The molecule has 0 radical (unpaired) electrons. The maximum Gasteiger partial charge on any atom is 0.101 e. The first-order valence-electron chi connectivity index (χ1n) is 4.22. The minimum absolute atomic E-state index is 0.792. The molecular weight excluding hydrogens is 210 g/mol. The lowest BCUT2D eigenvalue weighted by molar-refractivity contribution is 1.34. The van der Waals surface area contributed by atoms with Gasteiger partial charge in [0, 0.05) is 20.4 Å². The number of rotatable bonds is 1. The Morgan fingerprint density at radius 1 is 1.43 bits per heavy atom. The van der Waals surface area contributed by atoms with Crippen molar-refractivity contribution in [2.75, 3.05) is 6.26 Å². The summed E-state index contributed by atoms with van der Waals surface area (Å²) in [6.07, 6.45) is 2.06. The van der Waals surface area contributed by atoms with Gasteiger partial charge in [-0.3, -0.25) is 0 Å². The van der Waals surface area contributed by atoms with Gasteiger partial charge in [0.1, 0.15) is 6.07 Å². The molecule has 0 aliphatic rings. The molecule has 1 nitrogen and oxygen atoms in total. The summed E-state index contributed by atoms with van der Waals surface area (Å²) in [5, 5.41) is 11.9. The van der Waals surface area contributed by atoms with E-state index in [9.17, 15) is 0 Å². The highest BCUT2D eigenvalue weighted by Crippen LogP contribution is 2.31. The molecule has 0 saturated carbocycles. The van der Waals surface area contributed by atoms with Gasteiger partial charge in [-0.25, -0.2) is 0 Å². The summed E-state index contributed by atoms with van der Waals surface area (Å²) >= 11 is 3.37. The fourth-order valence-corrected chi connectivity index (χ4v) is 3.04. The van der Waals surface area contributed by atoms with E-state index in [2.05, 4.69) is 31.4 Å². The SMILES string of the molecule is CSc1cc2c(C#N)csc2cc1C. The molecule has 0 aliphatic heterocycles. The second-order valence-corrected chi connectivity index (χ2v) is 4.84. The zero-order chi connectivity index (χ0) is 10.1. The third-order valence-corrected chi connectivity index (χ3v) is 4.04. The molecule has 1 heterocycles. The predicted octanol–water partition coefficient (Wildman–Crippen LogP) is 3.80. The monoisotopic (exact) mass is 219 g/mol. The summed E-state index contributed by atoms with van der Waals surface area (Å²) in [5.74, 6) is 0. The lowest BCUT2D eigenvalue weighted by Crippen LogP contribution is -1.78. The number of benzene rings is 1. The molecule has 1 aromatic heterocycles. The Labute approximate surface area is 91.4 Å². The van der Waals surface area contributed by atoms with Crippen LogP contribution in [0.25, 0.3) is 10.1 Å². The molecule has 0 saturated heterocycles. The summed E-state index contributed by atoms with van der Waals surface area (Å²) in [5.41, 5.74) is 2.08. The van der Waals surface area contributed by atoms with Crippen LogP contribution in [-0.2, 0) is 0 Å². The quantitative estimate of drug-likeness (QED) is 0.681. The molecule has 2 aromatic rings. The smallest absolute Gasteiger partial charge is 0.101 e. The van der Waals surface area contributed by atoms with Crippen molar-refractivity contribution in [2.45, 2.75) is 11.8 Å². The normalized spacial score (nSPS) is 10.4. The highest BCUT2D eigenvalue weighted by molar-refractivity contribution is 7.98. The Morgan fingerprint density at radius 2 is 2.21 bits per heavy atom. The molecule has 0 fully saturated rings. The van der Waals surface area contributed by atoms with E-state index in [4.69, 9.17) is 5.26 Å². The van der Waals surface area contributed by atoms with Gasteiger partial charge in [0.2, 0.25) is 0 Å². The highest BCUT2D eigenvalue weighted by atomic mass is 32.2. The van der Waals surface area contributed by atoms with E-state index in [1.54, 1.807) is 23.1 Å². The maximum absolute atomic E-state index is 8.91. The van der Waals surface area contributed by atoms with Crippen molar-refractivity contribution in [1.82, 2.24) is 0 Å². The van der Waals surface area contributed by atoms with Crippen LogP contribution in [0, 0.1) is 18.3 Å². The van der Waals surface area contributed by atoms with Crippen LogP contribution in [0.15, 0.2) is 22.4 Å². The van der Waals surface area contributed by atoms with E-state index in [-0.39, 0.29) is 0 Å². The topological polar surface area (TPSA) is 23.8 Å². The molecule has 0 bridgehead atoms. The third-order valence-electron chi connectivity index (χ3n) is 2.21. The van der Waals surface area contributed by atoms with E-state index < -0.39 is 0 Å². The zero-order valence-electron chi connectivity index (χ0n) is 8.00. The largest absolute Gasteiger partial charge is 0.192 e. The Balaban J connectivity index is 2.78. The second-order valence-electron chi connectivity index (χ2n) is 3.08. The van der Waals surface area contributed by atoms with Gasteiger partial charge in [0.25, 0.3) is 0 Å². The van der Waals surface area contributed by atoms with Crippen LogP contribution in [0.5, 0.6) is 0 Å². The van der Waals surface area contributed by atoms with Gasteiger partial charge in [-0.05, 0) is 30.9 Å². The number of hydrogen-bond donors (Lipinski definition) is 0. The molecule has 0 N–H and O–H groups in total. The molecule has 3 heteroatoms. The summed E-state index contributed by atoms with van der Waals surface area (Å²) in [6, 6.07) is 6.50. The minimum atomic E-state index is 0.792. The van der Waals surface area contributed by atoms with E-state index in [1.165, 1.54) is 15.2 Å². The third kappa shape index (κ3) is 1.41. The first-order chi connectivity index (χ1) is 6.76. The predicted molar refractivity (Wildman–Crippen MR) is 63.1 cm³/mol. The van der Waals surface area contributed by atoms with Gasteiger partial charge in [0.05, 0.1) is 5.56 Å². The number of hydrogen-bond acceptors (Lipinski definition) is 3. The Kier molecular flexibility index (Phi) is 2.49. The van der Waals surface area contributed by atoms with Gasteiger partial charge in [-0.15, -0.1) is 23.1 Å². The molecule has 1 aromatic carbocycles. The number of nitrogens with zero attached hydrogens (tertiary/aromatic N) is 1. The standard InChI is InChI=1S/C11H9NS2/c1-7-3-11-9(4-10(7)13-2)8(5-12)6-14-11/h3-4,6H,1-2H3. The molecule has 0 spiro atoms. The first kappa shape index (κ1) is 9.57. The molecule has 0 amide bonds. The van der Waals surface area contributed by atoms with Crippen LogP contribution in [0.2, 0.25) is 0 Å². The Hall–Kier alpha value is -0.980. The summed E-state index contributed by atoms with van der Waals surface area (Å²) in [4.78, 5) is 1.26. The summed E-state index contributed by atoms with van der Waals surface area (Å²) in [6.45, 7) is 2.11. The lowest BCUT2D eigenvalue weighted by Gasteiger charge is -2.01. The molecule has 0 aliphatic carbocycles. The van der Waals surface area contributed by atoms with Gasteiger partial charge in [-0.2, -0.15) is 5.26 Å². The maximum atomic E-state index is 8.91. The molecule has 2 rings (SSSR count). The van der Waals surface area contributed by atoms with Crippen LogP contribution in [-0.4, -0.2) is 6.26 Å². The van der Waals surface area contributed by atoms with Crippen LogP contribution in [0.3, 0.4) is 0 Å². The number of fused-ring (bicyclic) bond motifs is 1. The van der Waals surface area contributed by atoms with E-state index in [1.807, 2.05) is 5.38 Å². The number of nitriles is 1. The van der Waals surface area contributed by atoms with Gasteiger partial charge in [0.15, 0.2) is 0 Å². The molecule has 0 atom stereocenters. The minimum Gasteiger partial charge on any atom is -0.192 e. The van der Waals surface area contributed by atoms with Crippen molar-refractivity contribution in [2.24, 2.45) is 0 Å². The number of thioether (sulfide) groups is 1. The van der Waals surface area contributed by atoms with Crippen LogP contribution < -0.4 is 0 Å². The van der Waals surface area contributed by atoms with Crippen LogP contribution in [0.4, 0.5) is 0 Å². The average molecular weight is 219 g/mol. The van der Waals surface area contributed by atoms with E-state index in [0.717, 1.165) is 10.9 Å². The first-order valence-corrected chi connectivity index (χ1v) is 6.32. The Morgan fingerprint density at radius 3 is 2.86 bits per heavy atom. The van der Waals surface area contributed by atoms with Gasteiger partial charge >= 0.3 is 0 Å². The van der Waals surface area contributed by atoms with Crippen molar-refractivity contribution in [3.8, 4) is 6.07 Å². The zero-order valence-corrected chi connectivity index (χ0v) is 9.63. The fraction of sp³-hybridized carbons (Fsp3) is 0.182. The van der Waals surface area contributed by atoms with E-state index in [0.29, 0.717) is 0 Å². The Bertz CT molecular complexity index is 520. The van der Waals surface area contributed by atoms with Crippen molar-refractivity contribution in [1.29, 1.82) is 5.26 Å². The lowest BCUT2D eigenvalue weighted by atomic mass is 10.1. The molecule has 70 valence electrons. The fourth-order valence-electron chi connectivity index (χ4n) is 1.46. The number of aryl methyl sites for hydroxylation is 1. The molecular formula is C11H9NS2. The van der Waals surface area contributed by atoms with E-state index >= 15 is 0 Å². The van der Waals surface area contributed by atoms with Crippen molar-refractivity contribution >= 4 is 33.2 Å². The second kappa shape index (κ2) is 3.64. The number of thiophene rings is 1. The highest BCUT2D eigenvalue weighted by Gasteiger charge is 2.06. The van der Waals surface area contributed by atoms with Crippen LogP contribution >= 0.6 is 23.1 Å². The molecule has 14 heavy (non-hydrogen) atoms. The average Bonchev–Trinajstić information content (AvgIpc) is 2.58. The van der Waals surface area contributed by atoms with Crippen LogP contribution in [0.1, 0.15) is 11.1 Å².